The summed E-state index contributed by atoms with van der Waals surface area (Å²) >= 11 is 6.61. The minimum absolute atomic E-state index is 0.0345. The van der Waals surface area contributed by atoms with E-state index in [4.69, 9.17) is 25.8 Å². The van der Waals surface area contributed by atoms with Gasteiger partial charge in [-0.2, -0.15) is 5.10 Å². The van der Waals surface area contributed by atoms with E-state index in [1.165, 1.54) is 49.4 Å². The Balaban J connectivity index is 1.75. The van der Waals surface area contributed by atoms with Crippen molar-refractivity contribution in [3.8, 4) is 5.75 Å². The minimum Gasteiger partial charge on any atom is -0.471 e. The van der Waals surface area contributed by atoms with Gasteiger partial charge in [0.2, 0.25) is 0 Å². The van der Waals surface area contributed by atoms with Crippen molar-refractivity contribution >= 4 is 45.8 Å². The van der Waals surface area contributed by atoms with Crippen molar-refractivity contribution in [1.82, 2.24) is 9.78 Å². The Morgan fingerprint density at radius 2 is 1.91 bits per heavy atom. The molecule has 0 aliphatic heterocycles. The lowest BCUT2D eigenvalue weighted by Gasteiger charge is -2.07. The number of nitrogens with zero attached hydrogens (tertiary/aromatic N) is 2. The van der Waals surface area contributed by atoms with Crippen LogP contribution >= 0.6 is 22.9 Å². The Morgan fingerprint density at radius 3 is 2.56 bits per heavy atom. The molecule has 1 amide bonds. The van der Waals surface area contributed by atoms with Crippen molar-refractivity contribution in [3.63, 3.8) is 0 Å². The van der Waals surface area contributed by atoms with Gasteiger partial charge < -0.3 is 19.5 Å². The third kappa shape index (κ3) is 4.89. The first-order valence-electron chi connectivity index (χ1n) is 8.97. The van der Waals surface area contributed by atoms with Crippen molar-refractivity contribution in [2.45, 2.75) is 13.7 Å². The normalized spacial score (nSPS) is 10.5. The quantitative estimate of drug-likeness (QED) is 0.509. The van der Waals surface area contributed by atoms with Crippen molar-refractivity contribution in [3.05, 3.63) is 63.0 Å². The van der Waals surface area contributed by atoms with E-state index in [-0.39, 0.29) is 32.9 Å². The van der Waals surface area contributed by atoms with Crippen LogP contribution in [0.5, 0.6) is 5.75 Å². The highest BCUT2D eigenvalue weighted by Crippen LogP contribution is 2.34. The molecule has 1 aromatic carbocycles. The number of ether oxygens (including phenoxy) is 3. The molecule has 3 aromatic rings. The van der Waals surface area contributed by atoms with Gasteiger partial charge in [0.05, 0.1) is 24.8 Å². The molecule has 3 rings (SSSR count). The number of hydrogen-bond acceptors (Lipinski definition) is 8. The Bertz CT molecular complexity index is 1190. The van der Waals surface area contributed by atoms with Gasteiger partial charge in [-0.15, -0.1) is 11.3 Å². The average molecular weight is 482 g/mol. The van der Waals surface area contributed by atoms with E-state index in [0.717, 1.165) is 11.3 Å². The Kier molecular flexibility index (Phi) is 7.11. The van der Waals surface area contributed by atoms with Gasteiger partial charge >= 0.3 is 11.9 Å². The van der Waals surface area contributed by atoms with Gasteiger partial charge in [0.15, 0.2) is 12.4 Å². The smallest absolute Gasteiger partial charge is 0.348 e. The predicted molar refractivity (Wildman–Crippen MR) is 114 cm³/mol. The molecule has 0 spiro atoms. The Morgan fingerprint density at radius 1 is 1.19 bits per heavy atom. The molecule has 0 atom stereocenters. The lowest BCUT2D eigenvalue weighted by molar-refractivity contribution is 0.0601. The van der Waals surface area contributed by atoms with Gasteiger partial charge in [-0.1, -0.05) is 11.6 Å². The van der Waals surface area contributed by atoms with E-state index < -0.39 is 23.7 Å². The number of rotatable bonds is 7. The van der Waals surface area contributed by atoms with Crippen LogP contribution in [0.25, 0.3) is 0 Å². The van der Waals surface area contributed by atoms with Gasteiger partial charge in [0.25, 0.3) is 5.91 Å². The van der Waals surface area contributed by atoms with E-state index >= 15 is 0 Å². The number of carbonyl (C=O) groups excluding carboxylic acids is 3. The van der Waals surface area contributed by atoms with Crippen LogP contribution in [-0.4, -0.2) is 41.8 Å². The van der Waals surface area contributed by atoms with E-state index in [1.54, 1.807) is 6.92 Å². The maximum absolute atomic E-state index is 13.2. The van der Waals surface area contributed by atoms with Crippen molar-refractivity contribution in [1.29, 1.82) is 0 Å². The molecule has 0 fully saturated rings. The predicted octanol–water partition coefficient (Wildman–Crippen LogP) is 3.91. The van der Waals surface area contributed by atoms with Gasteiger partial charge in [-0.3, -0.25) is 4.79 Å². The number of methoxy groups -OCH3 is 2. The summed E-state index contributed by atoms with van der Waals surface area (Å²) in [5, 5.41) is 6.73. The molecule has 0 saturated carbocycles. The third-order valence-electron chi connectivity index (χ3n) is 4.26. The van der Waals surface area contributed by atoms with Gasteiger partial charge in [-0.05, 0) is 30.7 Å². The maximum Gasteiger partial charge on any atom is 0.348 e. The summed E-state index contributed by atoms with van der Waals surface area (Å²) in [5.41, 5.74) is 0.426. The number of anilines is 1. The van der Waals surface area contributed by atoms with Crippen molar-refractivity contribution in [2.24, 2.45) is 0 Å². The average Bonchev–Trinajstić information content (AvgIpc) is 3.38. The van der Waals surface area contributed by atoms with Gasteiger partial charge in [0.1, 0.15) is 21.4 Å². The summed E-state index contributed by atoms with van der Waals surface area (Å²) in [4.78, 5) is 37.0. The summed E-state index contributed by atoms with van der Waals surface area (Å²) in [6.45, 7) is 1.49. The largest absolute Gasteiger partial charge is 0.471 e. The second kappa shape index (κ2) is 9.79. The highest BCUT2D eigenvalue weighted by Gasteiger charge is 2.27. The van der Waals surface area contributed by atoms with Gasteiger partial charge in [-0.25, -0.2) is 18.7 Å². The Labute approximate surface area is 190 Å². The molecule has 9 nitrogen and oxygen atoms in total. The minimum atomic E-state index is -0.707. The van der Waals surface area contributed by atoms with Crippen molar-refractivity contribution in [2.75, 3.05) is 19.5 Å². The number of nitrogens with one attached hydrogen (secondary N) is 1. The first-order chi connectivity index (χ1) is 15.2. The molecule has 0 aliphatic carbocycles. The highest BCUT2D eigenvalue weighted by atomic mass is 35.5. The SMILES string of the molecule is COC(=O)c1sc(NC(=O)c2ccn(COc3ccc(F)c(Cl)c3)n2)c(C(=O)OC)c1C. The standard InChI is InChI=1S/C20H17ClFN3O6S/c1-10-15(19(27)29-2)18(32-16(10)20(28)30-3)23-17(26)14-6-7-25(24-14)9-31-11-4-5-13(22)12(21)8-11/h4-8H,9H2,1-3H3,(H,23,26). The summed E-state index contributed by atoms with van der Waals surface area (Å²) < 4.78 is 29.5. The molecule has 32 heavy (non-hydrogen) atoms. The van der Waals surface area contributed by atoms with Crippen LogP contribution in [0.1, 0.15) is 36.1 Å². The molecule has 0 unspecified atom stereocenters. The molecule has 12 heteroatoms. The fraction of sp³-hybridized carbons (Fsp3) is 0.200. The number of esters is 2. The van der Waals surface area contributed by atoms with Crippen LogP contribution in [0, 0.1) is 12.7 Å². The zero-order valence-electron chi connectivity index (χ0n) is 17.1. The molecule has 2 aromatic heterocycles. The molecule has 2 heterocycles. The molecule has 0 bridgehead atoms. The molecule has 0 aliphatic rings. The molecule has 0 saturated heterocycles. The zero-order chi connectivity index (χ0) is 23.4. The van der Waals surface area contributed by atoms with E-state index in [1.807, 2.05) is 0 Å². The number of thiophene rings is 1. The number of halogens is 2. The monoisotopic (exact) mass is 481 g/mol. The number of amides is 1. The first kappa shape index (κ1) is 23.2. The third-order valence-corrected chi connectivity index (χ3v) is 5.74. The van der Waals surface area contributed by atoms with Crippen molar-refractivity contribution < 1.29 is 33.0 Å². The van der Waals surface area contributed by atoms with E-state index in [0.29, 0.717) is 11.3 Å². The van der Waals surface area contributed by atoms with Gasteiger partial charge in [0, 0.05) is 12.3 Å². The van der Waals surface area contributed by atoms with E-state index in [9.17, 15) is 18.8 Å². The fourth-order valence-electron chi connectivity index (χ4n) is 2.67. The number of hydrogen-bond donors (Lipinski definition) is 1. The molecule has 1 N–H and O–H groups in total. The second-order valence-electron chi connectivity index (χ2n) is 6.29. The lowest BCUT2D eigenvalue weighted by atomic mass is 10.1. The number of aromatic nitrogens is 2. The maximum atomic E-state index is 13.2. The first-order valence-corrected chi connectivity index (χ1v) is 10.2. The number of benzene rings is 1. The summed E-state index contributed by atoms with van der Waals surface area (Å²) in [6.07, 6.45) is 1.50. The fourth-order valence-corrected chi connectivity index (χ4v) is 3.94. The molecular weight excluding hydrogens is 465 g/mol. The topological polar surface area (TPSA) is 109 Å². The summed E-state index contributed by atoms with van der Waals surface area (Å²) in [5.74, 6) is -2.20. The van der Waals surface area contributed by atoms with E-state index in [2.05, 4.69) is 10.4 Å². The van der Waals surface area contributed by atoms with Crippen LogP contribution in [0.2, 0.25) is 5.02 Å². The molecule has 168 valence electrons. The summed E-state index contributed by atoms with van der Waals surface area (Å²) in [6, 6.07) is 5.34. The van der Waals surface area contributed by atoms with Crippen LogP contribution in [0.15, 0.2) is 30.5 Å². The van der Waals surface area contributed by atoms with Crippen LogP contribution in [0.3, 0.4) is 0 Å². The van der Waals surface area contributed by atoms with Crippen LogP contribution < -0.4 is 10.1 Å². The summed E-state index contributed by atoms with van der Waals surface area (Å²) in [7, 11) is 2.41. The highest BCUT2D eigenvalue weighted by molar-refractivity contribution is 7.18. The molecule has 0 radical (unpaired) electrons. The lowest BCUT2D eigenvalue weighted by Crippen LogP contribution is -2.16. The second-order valence-corrected chi connectivity index (χ2v) is 7.72. The van der Waals surface area contributed by atoms with Crippen LogP contribution in [-0.2, 0) is 16.2 Å². The Hall–Kier alpha value is -3.44. The number of carbonyl (C=O) groups is 3. The van der Waals surface area contributed by atoms with Crippen LogP contribution in [0.4, 0.5) is 9.39 Å². The zero-order valence-corrected chi connectivity index (χ0v) is 18.7. The molecular formula is C20H17ClFN3O6S.